The van der Waals surface area contributed by atoms with Crippen molar-refractivity contribution in [3.05, 3.63) is 65.2 Å². The Hall–Kier alpha value is -3.48. The lowest BCUT2D eigenvalue weighted by Gasteiger charge is -2.26. The van der Waals surface area contributed by atoms with Gasteiger partial charge in [-0.05, 0) is 54.7 Å². The molecule has 30 heavy (non-hydrogen) atoms. The van der Waals surface area contributed by atoms with Crippen LogP contribution >= 0.6 is 0 Å². The zero-order valence-electron chi connectivity index (χ0n) is 16.4. The van der Waals surface area contributed by atoms with Crippen LogP contribution in [0.2, 0.25) is 0 Å². The molecular weight excluding hydrogens is 384 g/mol. The van der Waals surface area contributed by atoms with Gasteiger partial charge < -0.3 is 10.1 Å². The summed E-state index contributed by atoms with van der Waals surface area (Å²) in [5.41, 5.74) is 3.02. The number of anilines is 1. The first-order chi connectivity index (χ1) is 14.5. The number of rotatable bonds is 5. The SMILES string of the molecule is O=C(COC(=O)c1ccc(N2C(=O)CCC2=O)cc1)N[C@@H]1CCCc2ccccc21. The second-order valence-corrected chi connectivity index (χ2v) is 7.46. The van der Waals surface area contributed by atoms with Crippen molar-refractivity contribution >= 4 is 29.4 Å². The Balaban J connectivity index is 1.32. The Morgan fingerprint density at radius 2 is 1.67 bits per heavy atom. The van der Waals surface area contributed by atoms with E-state index in [1.165, 1.54) is 29.8 Å². The molecule has 0 bridgehead atoms. The van der Waals surface area contributed by atoms with E-state index in [4.69, 9.17) is 4.74 Å². The van der Waals surface area contributed by atoms with E-state index in [-0.39, 0.29) is 48.8 Å². The van der Waals surface area contributed by atoms with Crippen LogP contribution in [0.5, 0.6) is 0 Å². The molecule has 2 aromatic rings. The zero-order valence-corrected chi connectivity index (χ0v) is 16.4. The number of carbonyl (C=O) groups is 4. The maximum Gasteiger partial charge on any atom is 0.338 e. The van der Waals surface area contributed by atoms with Gasteiger partial charge in [-0.25, -0.2) is 4.79 Å². The number of hydrogen-bond donors (Lipinski definition) is 1. The average molecular weight is 406 g/mol. The molecule has 7 nitrogen and oxygen atoms in total. The van der Waals surface area contributed by atoms with E-state index in [1.807, 2.05) is 18.2 Å². The van der Waals surface area contributed by atoms with Crippen molar-refractivity contribution in [2.24, 2.45) is 0 Å². The fourth-order valence-electron chi connectivity index (χ4n) is 3.97. The number of aryl methyl sites for hydroxylation is 1. The van der Waals surface area contributed by atoms with Gasteiger partial charge in [-0.3, -0.25) is 19.3 Å². The number of fused-ring (bicyclic) bond motifs is 1. The Labute approximate surface area is 174 Å². The zero-order chi connectivity index (χ0) is 21.1. The summed E-state index contributed by atoms with van der Waals surface area (Å²) in [6, 6.07) is 14.0. The average Bonchev–Trinajstić information content (AvgIpc) is 3.10. The number of hydrogen-bond acceptors (Lipinski definition) is 5. The number of esters is 1. The molecule has 1 fully saturated rings. The first kappa shape index (κ1) is 19.8. The van der Waals surface area contributed by atoms with Gasteiger partial charge >= 0.3 is 5.97 Å². The highest BCUT2D eigenvalue weighted by molar-refractivity contribution is 6.19. The molecule has 1 atom stereocenters. The van der Waals surface area contributed by atoms with Crippen molar-refractivity contribution in [2.75, 3.05) is 11.5 Å². The second-order valence-electron chi connectivity index (χ2n) is 7.46. The normalized spacial score (nSPS) is 18.1. The summed E-state index contributed by atoms with van der Waals surface area (Å²) in [5.74, 6) is -1.50. The summed E-state index contributed by atoms with van der Waals surface area (Å²) in [4.78, 5) is 49.2. The number of imide groups is 1. The summed E-state index contributed by atoms with van der Waals surface area (Å²) in [6.45, 7) is -0.373. The maximum atomic E-state index is 12.3. The minimum Gasteiger partial charge on any atom is -0.452 e. The molecule has 0 saturated carbocycles. The predicted molar refractivity (Wildman–Crippen MR) is 109 cm³/mol. The van der Waals surface area contributed by atoms with Gasteiger partial charge in [0.05, 0.1) is 17.3 Å². The molecule has 1 aliphatic carbocycles. The van der Waals surface area contributed by atoms with Crippen LogP contribution in [0.1, 0.15) is 53.2 Å². The van der Waals surface area contributed by atoms with Crippen LogP contribution in [0.25, 0.3) is 0 Å². The molecule has 0 radical (unpaired) electrons. The van der Waals surface area contributed by atoms with Gasteiger partial charge in [0, 0.05) is 12.8 Å². The van der Waals surface area contributed by atoms with Crippen molar-refractivity contribution in [1.29, 1.82) is 0 Å². The van der Waals surface area contributed by atoms with Gasteiger partial charge in [0.1, 0.15) is 0 Å². The highest BCUT2D eigenvalue weighted by Gasteiger charge is 2.30. The van der Waals surface area contributed by atoms with Crippen LogP contribution in [-0.4, -0.2) is 30.3 Å². The van der Waals surface area contributed by atoms with E-state index in [2.05, 4.69) is 11.4 Å². The first-order valence-electron chi connectivity index (χ1n) is 10.0. The first-order valence-corrected chi connectivity index (χ1v) is 10.0. The van der Waals surface area contributed by atoms with Gasteiger partial charge in [-0.15, -0.1) is 0 Å². The number of amides is 3. The van der Waals surface area contributed by atoms with Crippen molar-refractivity contribution in [3.63, 3.8) is 0 Å². The van der Waals surface area contributed by atoms with Crippen LogP contribution in [-0.2, 0) is 25.5 Å². The largest absolute Gasteiger partial charge is 0.452 e. The smallest absolute Gasteiger partial charge is 0.338 e. The lowest BCUT2D eigenvalue weighted by molar-refractivity contribution is -0.125. The van der Waals surface area contributed by atoms with E-state index in [1.54, 1.807) is 0 Å². The molecule has 0 unspecified atom stereocenters. The van der Waals surface area contributed by atoms with Crippen LogP contribution in [0.4, 0.5) is 5.69 Å². The Morgan fingerprint density at radius 3 is 2.40 bits per heavy atom. The summed E-state index contributed by atoms with van der Waals surface area (Å²) >= 11 is 0. The third-order valence-corrected chi connectivity index (χ3v) is 5.45. The minimum atomic E-state index is -0.639. The van der Waals surface area contributed by atoms with E-state index in [0.717, 1.165) is 29.7 Å². The Morgan fingerprint density at radius 1 is 0.967 bits per heavy atom. The van der Waals surface area contributed by atoms with E-state index in [9.17, 15) is 19.2 Å². The molecule has 0 aromatic heterocycles. The highest BCUT2D eigenvalue weighted by atomic mass is 16.5. The Kier molecular flexibility index (Phi) is 5.61. The molecule has 154 valence electrons. The molecule has 2 aliphatic rings. The number of benzene rings is 2. The highest BCUT2D eigenvalue weighted by Crippen LogP contribution is 2.29. The van der Waals surface area contributed by atoms with E-state index in [0.29, 0.717) is 5.69 Å². The lowest BCUT2D eigenvalue weighted by Crippen LogP contribution is -2.34. The summed E-state index contributed by atoms with van der Waals surface area (Å²) < 4.78 is 5.13. The number of nitrogens with one attached hydrogen (secondary N) is 1. The fraction of sp³-hybridized carbons (Fsp3) is 0.304. The van der Waals surface area contributed by atoms with Crippen molar-refractivity contribution < 1.29 is 23.9 Å². The van der Waals surface area contributed by atoms with E-state index >= 15 is 0 Å². The molecule has 4 rings (SSSR count). The predicted octanol–water partition coefficient (Wildman–Crippen LogP) is 2.69. The van der Waals surface area contributed by atoms with E-state index < -0.39 is 5.97 Å². The molecule has 1 aliphatic heterocycles. The van der Waals surface area contributed by atoms with Gasteiger partial charge in [0.15, 0.2) is 6.61 Å². The molecule has 2 aromatic carbocycles. The molecule has 0 spiro atoms. The van der Waals surface area contributed by atoms with Gasteiger partial charge in [0.2, 0.25) is 11.8 Å². The molecule has 1 heterocycles. The maximum absolute atomic E-state index is 12.3. The minimum absolute atomic E-state index is 0.0732. The van der Waals surface area contributed by atoms with Crippen LogP contribution < -0.4 is 10.2 Å². The lowest BCUT2D eigenvalue weighted by atomic mass is 9.88. The summed E-state index contributed by atoms with van der Waals surface area (Å²) in [5, 5.41) is 2.94. The van der Waals surface area contributed by atoms with Crippen LogP contribution in [0.3, 0.4) is 0 Å². The molecule has 1 saturated heterocycles. The summed E-state index contributed by atoms with van der Waals surface area (Å²) in [7, 11) is 0. The number of nitrogens with zero attached hydrogens (tertiary/aromatic N) is 1. The van der Waals surface area contributed by atoms with Crippen LogP contribution in [0.15, 0.2) is 48.5 Å². The number of carbonyl (C=O) groups excluding carboxylic acids is 4. The van der Waals surface area contributed by atoms with Gasteiger partial charge in [-0.2, -0.15) is 0 Å². The topological polar surface area (TPSA) is 92.8 Å². The van der Waals surface area contributed by atoms with Crippen LogP contribution in [0, 0.1) is 0 Å². The van der Waals surface area contributed by atoms with Crippen molar-refractivity contribution in [2.45, 2.75) is 38.1 Å². The third kappa shape index (κ3) is 4.10. The second kappa shape index (κ2) is 8.49. The fourth-order valence-corrected chi connectivity index (χ4v) is 3.97. The summed E-state index contributed by atoms with van der Waals surface area (Å²) in [6.07, 6.45) is 3.25. The Bertz CT molecular complexity index is 983. The standard InChI is InChI=1S/C23H22N2O5/c26-20(24-19-7-3-5-15-4-1-2-6-18(15)19)14-30-23(29)16-8-10-17(11-9-16)25-21(27)12-13-22(25)28/h1-2,4,6,8-11,19H,3,5,7,12-14H2,(H,24,26)/t19-/m1/s1. The molecule has 7 heteroatoms. The molecular formula is C23H22N2O5. The van der Waals surface area contributed by atoms with Gasteiger partial charge in [0.25, 0.3) is 5.91 Å². The third-order valence-electron chi connectivity index (χ3n) is 5.45. The quantitative estimate of drug-likeness (QED) is 0.609. The van der Waals surface area contributed by atoms with Crippen molar-refractivity contribution in [1.82, 2.24) is 5.32 Å². The monoisotopic (exact) mass is 406 g/mol. The molecule has 3 amide bonds. The number of ether oxygens (including phenoxy) is 1. The van der Waals surface area contributed by atoms with Crippen molar-refractivity contribution in [3.8, 4) is 0 Å². The molecule has 1 N–H and O–H groups in total. The van der Waals surface area contributed by atoms with Gasteiger partial charge in [-0.1, -0.05) is 24.3 Å².